The van der Waals surface area contributed by atoms with Gasteiger partial charge in [-0.25, -0.2) is 4.98 Å². The molecule has 1 amide bonds. The highest BCUT2D eigenvalue weighted by atomic mass is 16.5. The zero-order valence-electron chi connectivity index (χ0n) is 15.1. The normalized spacial score (nSPS) is 18.3. The summed E-state index contributed by atoms with van der Waals surface area (Å²) in [5.41, 5.74) is 0.982. The zero-order valence-corrected chi connectivity index (χ0v) is 15.1. The molecule has 8 heteroatoms. The summed E-state index contributed by atoms with van der Waals surface area (Å²) in [4.78, 5) is 28.1. The van der Waals surface area contributed by atoms with E-state index >= 15 is 0 Å². The smallest absolute Gasteiger partial charge is 0.292 e. The van der Waals surface area contributed by atoms with E-state index in [-0.39, 0.29) is 11.7 Å². The number of aryl methyl sites for hydroxylation is 1. The second-order valence-electron chi connectivity index (χ2n) is 6.87. The molecule has 0 radical (unpaired) electrons. The summed E-state index contributed by atoms with van der Waals surface area (Å²) in [6.45, 7) is 6.81. The molecule has 0 saturated carbocycles. The average molecular weight is 356 g/mol. The van der Waals surface area contributed by atoms with E-state index in [0.29, 0.717) is 26.2 Å². The van der Waals surface area contributed by atoms with Gasteiger partial charge in [-0.15, -0.1) is 0 Å². The summed E-state index contributed by atoms with van der Waals surface area (Å²) < 4.78 is 4.97. The molecule has 4 heterocycles. The van der Waals surface area contributed by atoms with E-state index in [4.69, 9.17) is 9.51 Å². The second-order valence-corrected chi connectivity index (χ2v) is 6.87. The Balaban J connectivity index is 1.44. The maximum Gasteiger partial charge on any atom is 0.292 e. The minimum Gasteiger partial charge on any atom is -0.356 e. The molecule has 0 bridgehead atoms. The van der Waals surface area contributed by atoms with Crippen LogP contribution in [0.2, 0.25) is 0 Å². The first-order chi connectivity index (χ1) is 12.7. The second kappa shape index (κ2) is 7.31. The van der Waals surface area contributed by atoms with Crippen LogP contribution in [0.5, 0.6) is 0 Å². The van der Waals surface area contributed by atoms with Crippen molar-refractivity contribution in [3.8, 4) is 0 Å². The van der Waals surface area contributed by atoms with E-state index in [1.807, 2.05) is 6.92 Å². The Labute approximate surface area is 152 Å². The van der Waals surface area contributed by atoms with Crippen molar-refractivity contribution in [1.29, 1.82) is 0 Å². The molecule has 0 atom stereocenters. The molecule has 0 aliphatic carbocycles. The standard InChI is InChI=1S/C18H24N6O2/c1-14-13-16(22-7-3-2-4-8-22)21-18(20-14)24-11-9-23(10-12-24)17(25)15-5-6-19-26-15/h5-6,13H,2-4,7-12H2,1H3. The minimum atomic E-state index is -0.110. The number of hydrogen-bond donors (Lipinski definition) is 0. The van der Waals surface area contributed by atoms with E-state index in [1.54, 1.807) is 11.0 Å². The number of hydrogen-bond acceptors (Lipinski definition) is 7. The Hall–Kier alpha value is -2.64. The molecule has 2 aromatic rings. The number of anilines is 2. The van der Waals surface area contributed by atoms with Crippen LogP contribution < -0.4 is 9.80 Å². The molecular formula is C18H24N6O2. The van der Waals surface area contributed by atoms with Crippen molar-refractivity contribution in [2.24, 2.45) is 0 Å². The number of piperazine rings is 1. The quantitative estimate of drug-likeness (QED) is 0.828. The third-order valence-electron chi connectivity index (χ3n) is 5.01. The molecule has 0 spiro atoms. The van der Waals surface area contributed by atoms with E-state index in [0.717, 1.165) is 30.5 Å². The van der Waals surface area contributed by atoms with Gasteiger partial charge >= 0.3 is 0 Å². The van der Waals surface area contributed by atoms with E-state index in [9.17, 15) is 4.79 Å². The first-order valence-corrected chi connectivity index (χ1v) is 9.26. The number of aromatic nitrogens is 3. The SMILES string of the molecule is Cc1cc(N2CCCCC2)nc(N2CCN(C(=O)c3ccno3)CC2)n1. The lowest BCUT2D eigenvalue weighted by atomic mass is 10.1. The van der Waals surface area contributed by atoms with Crippen molar-refractivity contribution >= 4 is 17.7 Å². The molecule has 0 aromatic carbocycles. The summed E-state index contributed by atoms with van der Waals surface area (Å²) in [5.74, 6) is 1.96. The lowest BCUT2D eigenvalue weighted by Gasteiger charge is -2.35. The Morgan fingerprint density at radius 1 is 1.00 bits per heavy atom. The van der Waals surface area contributed by atoms with Crippen LogP contribution in [-0.4, -0.2) is 65.2 Å². The number of carbonyl (C=O) groups is 1. The van der Waals surface area contributed by atoms with Gasteiger partial charge in [0.1, 0.15) is 5.82 Å². The molecule has 0 unspecified atom stereocenters. The third-order valence-corrected chi connectivity index (χ3v) is 5.01. The highest BCUT2D eigenvalue weighted by Crippen LogP contribution is 2.22. The number of rotatable bonds is 3. The number of piperidine rings is 1. The van der Waals surface area contributed by atoms with Gasteiger partial charge in [-0.1, -0.05) is 5.16 Å². The number of amides is 1. The summed E-state index contributed by atoms with van der Waals surface area (Å²) in [6, 6.07) is 3.67. The van der Waals surface area contributed by atoms with Crippen molar-refractivity contribution in [3.63, 3.8) is 0 Å². The lowest BCUT2D eigenvalue weighted by Crippen LogP contribution is -2.49. The first kappa shape index (κ1) is 16.8. The van der Waals surface area contributed by atoms with Gasteiger partial charge in [0.2, 0.25) is 11.7 Å². The predicted octanol–water partition coefficient (Wildman–Crippen LogP) is 1.73. The third kappa shape index (κ3) is 3.49. The van der Waals surface area contributed by atoms with Gasteiger partial charge in [0.05, 0.1) is 6.20 Å². The van der Waals surface area contributed by atoms with Crippen LogP contribution in [0.3, 0.4) is 0 Å². The van der Waals surface area contributed by atoms with Crippen molar-refractivity contribution in [2.75, 3.05) is 49.1 Å². The van der Waals surface area contributed by atoms with Crippen LogP contribution in [0.4, 0.5) is 11.8 Å². The van der Waals surface area contributed by atoms with Crippen LogP contribution >= 0.6 is 0 Å². The largest absolute Gasteiger partial charge is 0.356 e. The zero-order chi connectivity index (χ0) is 17.9. The van der Waals surface area contributed by atoms with Gasteiger partial charge in [-0.05, 0) is 26.2 Å². The molecule has 2 aliphatic heterocycles. The molecule has 4 rings (SSSR count). The molecule has 2 aliphatic rings. The molecule has 138 valence electrons. The Morgan fingerprint density at radius 3 is 2.46 bits per heavy atom. The Kier molecular flexibility index (Phi) is 4.73. The van der Waals surface area contributed by atoms with Gasteiger partial charge in [-0.3, -0.25) is 4.79 Å². The Morgan fingerprint density at radius 2 is 1.77 bits per heavy atom. The maximum absolute atomic E-state index is 12.4. The van der Waals surface area contributed by atoms with Gasteiger partial charge < -0.3 is 19.2 Å². The first-order valence-electron chi connectivity index (χ1n) is 9.26. The summed E-state index contributed by atoms with van der Waals surface area (Å²) >= 11 is 0. The predicted molar refractivity (Wildman–Crippen MR) is 97.5 cm³/mol. The van der Waals surface area contributed by atoms with Crippen molar-refractivity contribution < 1.29 is 9.32 Å². The monoisotopic (exact) mass is 356 g/mol. The number of nitrogens with zero attached hydrogens (tertiary/aromatic N) is 6. The van der Waals surface area contributed by atoms with E-state index in [2.05, 4.69) is 26.0 Å². The van der Waals surface area contributed by atoms with Crippen molar-refractivity contribution in [3.05, 3.63) is 29.8 Å². The lowest BCUT2D eigenvalue weighted by molar-refractivity contribution is 0.0704. The van der Waals surface area contributed by atoms with Crippen molar-refractivity contribution in [2.45, 2.75) is 26.2 Å². The molecule has 2 saturated heterocycles. The van der Waals surface area contributed by atoms with Crippen LogP contribution in [0, 0.1) is 6.92 Å². The molecular weight excluding hydrogens is 332 g/mol. The van der Waals surface area contributed by atoms with Gasteiger partial charge in [0.25, 0.3) is 5.91 Å². The molecule has 8 nitrogen and oxygen atoms in total. The van der Waals surface area contributed by atoms with Gasteiger partial charge in [0.15, 0.2) is 0 Å². The summed E-state index contributed by atoms with van der Waals surface area (Å²) in [5, 5.41) is 3.61. The van der Waals surface area contributed by atoms with Crippen LogP contribution in [0.1, 0.15) is 35.5 Å². The van der Waals surface area contributed by atoms with E-state index in [1.165, 1.54) is 25.5 Å². The molecule has 26 heavy (non-hydrogen) atoms. The highest BCUT2D eigenvalue weighted by Gasteiger charge is 2.26. The van der Waals surface area contributed by atoms with Crippen LogP contribution in [0.25, 0.3) is 0 Å². The average Bonchev–Trinajstić information content (AvgIpc) is 3.22. The fourth-order valence-electron chi connectivity index (χ4n) is 3.55. The van der Waals surface area contributed by atoms with Crippen LogP contribution in [-0.2, 0) is 0 Å². The van der Waals surface area contributed by atoms with E-state index < -0.39 is 0 Å². The molecule has 2 aromatic heterocycles. The van der Waals surface area contributed by atoms with Gasteiger partial charge in [0, 0.05) is 57.1 Å². The summed E-state index contributed by atoms with van der Waals surface area (Å²) in [7, 11) is 0. The van der Waals surface area contributed by atoms with Crippen molar-refractivity contribution in [1.82, 2.24) is 20.0 Å². The maximum atomic E-state index is 12.4. The fourth-order valence-corrected chi connectivity index (χ4v) is 3.55. The topological polar surface area (TPSA) is 78.6 Å². The highest BCUT2D eigenvalue weighted by molar-refractivity contribution is 5.91. The Bertz CT molecular complexity index is 749. The molecule has 2 fully saturated rings. The fraction of sp³-hybridized carbons (Fsp3) is 0.556. The minimum absolute atomic E-state index is 0.110. The van der Waals surface area contributed by atoms with Crippen LogP contribution in [0.15, 0.2) is 22.9 Å². The molecule has 0 N–H and O–H groups in total. The summed E-state index contributed by atoms with van der Waals surface area (Å²) in [6.07, 6.45) is 5.24. The number of carbonyl (C=O) groups excluding carboxylic acids is 1. The van der Waals surface area contributed by atoms with Gasteiger partial charge in [-0.2, -0.15) is 4.98 Å².